The van der Waals surface area contributed by atoms with Gasteiger partial charge in [-0.25, -0.2) is 9.59 Å². The Bertz CT molecular complexity index is 760. The van der Waals surface area contributed by atoms with Crippen molar-refractivity contribution in [2.75, 3.05) is 0 Å². The van der Waals surface area contributed by atoms with Gasteiger partial charge >= 0.3 is 11.9 Å². The number of carbonyl (C=O) groups is 2. The molecule has 0 aliphatic rings. The number of furan rings is 1. The summed E-state index contributed by atoms with van der Waals surface area (Å²) in [5.74, 6) is -2.07. The van der Waals surface area contributed by atoms with Crippen LogP contribution in [0.15, 0.2) is 40.8 Å². The number of carboxylic acids is 2. The van der Waals surface area contributed by atoms with Crippen LogP contribution < -0.4 is 0 Å². The van der Waals surface area contributed by atoms with Gasteiger partial charge in [0.1, 0.15) is 11.2 Å². The average Bonchev–Trinajstić information content (AvgIpc) is 2.75. The molecule has 3 aromatic rings. The number of fused-ring (bicyclic) bond motifs is 3. The van der Waals surface area contributed by atoms with Crippen molar-refractivity contribution in [3.63, 3.8) is 0 Å². The molecule has 0 saturated carbocycles. The van der Waals surface area contributed by atoms with E-state index in [2.05, 4.69) is 0 Å². The minimum Gasteiger partial charge on any atom is -0.478 e. The van der Waals surface area contributed by atoms with Crippen LogP contribution in [0.1, 0.15) is 20.7 Å². The van der Waals surface area contributed by atoms with E-state index in [1.807, 2.05) is 0 Å². The first kappa shape index (κ1) is 11.3. The minimum atomic E-state index is -1.04. The topological polar surface area (TPSA) is 87.7 Å². The van der Waals surface area contributed by atoms with E-state index in [1.165, 1.54) is 24.3 Å². The van der Waals surface area contributed by atoms with Gasteiger partial charge in [-0.3, -0.25) is 0 Å². The molecule has 0 fully saturated rings. The lowest BCUT2D eigenvalue weighted by molar-refractivity contribution is 0.0686. The molecule has 0 aliphatic heterocycles. The fourth-order valence-corrected chi connectivity index (χ4v) is 2.04. The van der Waals surface area contributed by atoms with Crippen LogP contribution in [0.5, 0.6) is 0 Å². The molecule has 0 unspecified atom stereocenters. The van der Waals surface area contributed by atoms with Crippen LogP contribution in [-0.4, -0.2) is 22.2 Å². The molecule has 3 rings (SSSR count). The highest BCUT2D eigenvalue weighted by Gasteiger charge is 2.12. The van der Waals surface area contributed by atoms with Gasteiger partial charge in [0.15, 0.2) is 0 Å². The van der Waals surface area contributed by atoms with E-state index in [0.29, 0.717) is 21.9 Å². The van der Waals surface area contributed by atoms with E-state index >= 15 is 0 Å². The second kappa shape index (κ2) is 3.84. The summed E-state index contributed by atoms with van der Waals surface area (Å²) < 4.78 is 5.54. The standard InChI is InChI=1S/C14H8O5/c15-13(16)7-1-3-11-9(5-7)10-6-8(14(17)18)2-4-12(10)19-11/h1-6H,(H,15,16)(H,17,18). The van der Waals surface area contributed by atoms with Crippen molar-refractivity contribution < 1.29 is 24.2 Å². The number of aromatic carboxylic acids is 2. The van der Waals surface area contributed by atoms with Crippen LogP contribution in [-0.2, 0) is 0 Å². The van der Waals surface area contributed by atoms with Crippen LogP contribution in [0.4, 0.5) is 0 Å². The number of rotatable bonds is 2. The fourth-order valence-electron chi connectivity index (χ4n) is 2.04. The summed E-state index contributed by atoms with van der Waals surface area (Å²) in [6.45, 7) is 0. The van der Waals surface area contributed by atoms with Gasteiger partial charge < -0.3 is 14.6 Å². The van der Waals surface area contributed by atoms with Crippen LogP contribution in [0.2, 0.25) is 0 Å². The van der Waals surface area contributed by atoms with Gasteiger partial charge in [-0.1, -0.05) is 0 Å². The molecule has 2 N–H and O–H groups in total. The Morgan fingerprint density at radius 1 is 0.789 bits per heavy atom. The maximum atomic E-state index is 11.0. The molecular formula is C14H8O5. The first-order valence-electron chi connectivity index (χ1n) is 5.49. The highest BCUT2D eigenvalue weighted by molar-refractivity contribution is 6.09. The lowest BCUT2D eigenvalue weighted by Crippen LogP contribution is -1.95. The summed E-state index contributed by atoms with van der Waals surface area (Å²) in [5, 5.41) is 19.1. The van der Waals surface area contributed by atoms with Crippen LogP contribution >= 0.6 is 0 Å². The van der Waals surface area contributed by atoms with Crippen molar-refractivity contribution in [1.29, 1.82) is 0 Å². The van der Waals surface area contributed by atoms with Crippen molar-refractivity contribution in [3.8, 4) is 0 Å². The molecule has 0 amide bonds. The first-order valence-corrected chi connectivity index (χ1v) is 5.49. The molecule has 1 heterocycles. The number of carboxylic acid groups (broad SMARTS) is 2. The molecule has 2 aromatic carbocycles. The molecule has 19 heavy (non-hydrogen) atoms. The SMILES string of the molecule is O=C(O)c1ccc2oc3ccc(C(=O)O)cc3c2c1. The molecule has 1 aromatic heterocycles. The van der Waals surface area contributed by atoms with E-state index in [0.717, 1.165) is 0 Å². The van der Waals surface area contributed by atoms with Crippen molar-refractivity contribution in [1.82, 2.24) is 0 Å². The summed E-state index contributed by atoms with van der Waals surface area (Å²) in [6, 6.07) is 9.00. The molecule has 5 heteroatoms. The Labute approximate surface area is 106 Å². The predicted octanol–water partition coefficient (Wildman–Crippen LogP) is 2.98. The minimum absolute atomic E-state index is 0.135. The molecule has 5 nitrogen and oxygen atoms in total. The normalized spacial score (nSPS) is 10.9. The van der Waals surface area contributed by atoms with Crippen LogP contribution in [0.25, 0.3) is 21.9 Å². The summed E-state index contributed by atoms with van der Waals surface area (Å²) in [4.78, 5) is 21.9. The quantitative estimate of drug-likeness (QED) is 0.735. The number of benzene rings is 2. The van der Waals surface area contributed by atoms with Gasteiger partial charge in [0.05, 0.1) is 11.1 Å². The third-order valence-electron chi connectivity index (χ3n) is 2.96. The maximum absolute atomic E-state index is 11.0. The Hall–Kier alpha value is -2.82. The summed E-state index contributed by atoms with van der Waals surface area (Å²) in [5.41, 5.74) is 1.33. The predicted molar refractivity (Wildman–Crippen MR) is 67.6 cm³/mol. The maximum Gasteiger partial charge on any atom is 0.335 e. The Balaban J connectivity index is 2.37. The monoisotopic (exact) mass is 256 g/mol. The van der Waals surface area contributed by atoms with E-state index in [4.69, 9.17) is 14.6 Å². The Morgan fingerprint density at radius 3 is 1.58 bits per heavy atom. The van der Waals surface area contributed by atoms with Gasteiger partial charge in [0, 0.05) is 10.8 Å². The van der Waals surface area contributed by atoms with Gasteiger partial charge in [-0.15, -0.1) is 0 Å². The second-order valence-electron chi connectivity index (χ2n) is 4.13. The molecule has 0 atom stereocenters. The molecule has 0 aliphatic carbocycles. The van der Waals surface area contributed by atoms with Crippen molar-refractivity contribution >= 4 is 33.9 Å². The van der Waals surface area contributed by atoms with Crippen LogP contribution in [0, 0.1) is 0 Å². The smallest absolute Gasteiger partial charge is 0.335 e. The number of hydrogen-bond donors (Lipinski definition) is 2. The Morgan fingerprint density at radius 2 is 1.21 bits per heavy atom. The van der Waals surface area contributed by atoms with Crippen molar-refractivity contribution in [2.45, 2.75) is 0 Å². The molecule has 0 saturated heterocycles. The molecule has 0 spiro atoms. The lowest BCUT2D eigenvalue weighted by Gasteiger charge is -1.95. The zero-order valence-electron chi connectivity index (χ0n) is 9.58. The average molecular weight is 256 g/mol. The second-order valence-corrected chi connectivity index (χ2v) is 4.13. The van der Waals surface area contributed by atoms with Gasteiger partial charge in [0.25, 0.3) is 0 Å². The third-order valence-corrected chi connectivity index (χ3v) is 2.96. The highest BCUT2D eigenvalue weighted by atomic mass is 16.4. The van der Waals surface area contributed by atoms with E-state index in [1.54, 1.807) is 12.1 Å². The molecule has 0 radical (unpaired) electrons. The zero-order chi connectivity index (χ0) is 13.6. The van der Waals surface area contributed by atoms with E-state index < -0.39 is 11.9 Å². The van der Waals surface area contributed by atoms with Gasteiger partial charge in [-0.05, 0) is 36.4 Å². The van der Waals surface area contributed by atoms with Crippen LogP contribution in [0.3, 0.4) is 0 Å². The molecule has 0 bridgehead atoms. The van der Waals surface area contributed by atoms with Crippen molar-refractivity contribution in [3.05, 3.63) is 47.5 Å². The lowest BCUT2D eigenvalue weighted by atomic mass is 10.1. The van der Waals surface area contributed by atoms with E-state index in [9.17, 15) is 9.59 Å². The van der Waals surface area contributed by atoms with Gasteiger partial charge in [0.2, 0.25) is 0 Å². The van der Waals surface area contributed by atoms with Gasteiger partial charge in [-0.2, -0.15) is 0 Å². The molecular weight excluding hydrogens is 248 g/mol. The highest BCUT2D eigenvalue weighted by Crippen LogP contribution is 2.30. The summed E-state index contributed by atoms with van der Waals surface area (Å²) in [6.07, 6.45) is 0. The molecule has 94 valence electrons. The fraction of sp³-hybridized carbons (Fsp3) is 0. The summed E-state index contributed by atoms with van der Waals surface area (Å²) in [7, 11) is 0. The zero-order valence-corrected chi connectivity index (χ0v) is 9.58. The first-order chi connectivity index (χ1) is 9.06. The van der Waals surface area contributed by atoms with E-state index in [-0.39, 0.29) is 11.1 Å². The van der Waals surface area contributed by atoms with Crippen molar-refractivity contribution in [2.24, 2.45) is 0 Å². The third kappa shape index (κ3) is 1.72. The Kier molecular flexibility index (Phi) is 2.28. The largest absolute Gasteiger partial charge is 0.478 e. The number of hydrogen-bond acceptors (Lipinski definition) is 3. The summed E-state index contributed by atoms with van der Waals surface area (Å²) >= 11 is 0.